The minimum absolute atomic E-state index is 0.00862. The topological polar surface area (TPSA) is 80.2 Å². The molecule has 0 radical (unpaired) electrons. The molecule has 0 unspecified atom stereocenters. The first-order chi connectivity index (χ1) is 13.2. The van der Waals surface area contributed by atoms with Crippen LogP contribution in [0.5, 0.6) is 0 Å². The van der Waals surface area contributed by atoms with Crippen molar-refractivity contribution in [3.63, 3.8) is 0 Å². The summed E-state index contributed by atoms with van der Waals surface area (Å²) in [6.07, 6.45) is 1.36. The highest BCUT2D eigenvalue weighted by atomic mass is 35.5. The summed E-state index contributed by atoms with van der Waals surface area (Å²) in [6.45, 7) is 5.96. The molecule has 3 rings (SSSR count). The molecule has 1 aliphatic heterocycles. The summed E-state index contributed by atoms with van der Waals surface area (Å²) in [7, 11) is 0. The molecule has 0 saturated heterocycles. The highest BCUT2D eigenvalue weighted by Crippen LogP contribution is 2.34. The van der Waals surface area contributed by atoms with Crippen molar-refractivity contribution < 1.29 is 14.4 Å². The van der Waals surface area contributed by atoms with Gasteiger partial charge in [-0.2, -0.15) is 0 Å². The van der Waals surface area contributed by atoms with Crippen LogP contribution in [0.1, 0.15) is 52.4 Å². The van der Waals surface area contributed by atoms with Crippen LogP contribution in [-0.4, -0.2) is 28.2 Å². The minimum Gasteiger partial charge on any atom is -0.347 e. The summed E-state index contributed by atoms with van der Waals surface area (Å²) >= 11 is 12.6. The zero-order valence-electron chi connectivity index (χ0n) is 15.9. The second kappa shape index (κ2) is 7.97. The third-order valence-corrected chi connectivity index (χ3v) is 5.38. The summed E-state index contributed by atoms with van der Waals surface area (Å²) in [4.78, 5) is 37.8. The van der Waals surface area contributed by atoms with Crippen molar-refractivity contribution >= 4 is 46.5 Å². The number of carbonyl (C=O) groups is 3. The monoisotopic (exact) mass is 421 g/mol. The van der Waals surface area contributed by atoms with Gasteiger partial charge < -0.3 is 15.2 Å². The van der Waals surface area contributed by atoms with Gasteiger partial charge in [0.05, 0.1) is 10.6 Å². The highest BCUT2D eigenvalue weighted by molar-refractivity contribution is 6.48. The average Bonchev–Trinajstić information content (AvgIpc) is 3.16. The lowest BCUT2D eigenvalue weighted by Crippen LogP contribution is -2.36. The second-order valence-corrected chi connectivity index (χ2v) is 7.90. The average molecular weight is 422 g/mol. The van der Waals surface area contributed by atoms with Crippen molar-refractivity contribution in [1.82, 2.24) is 9.88 Å². The number of Topliss-reactive ketones (excluding diaryl/α,β-unsaturated/α-hetero) is 1. The first kappa shape index (κ1) is 20.4. The Hall–Kier alpha value is -2.31. The lowest BCUT2D eigenvalue weighted by molar-refractivity contribution is -0.117. The number of aromatic nitrogens is 1. The molecule has 2 N–H and O–H groups in total. The van der Waals surface area contributed by atoms with Crippen LogP contribution in [0, 0.1) is 6.92 Å². The number of rotatable bonds is 5. The molecule has 1 aliphatic rings. The maximum atomic E-state index is 12.9. The molecule has 148 valence electrons. The number of benzene rings is 1. The molecule has 28 heavy (non-hydrogen) atoms. The Bertz CT molecular complexity index is 980. The summed E-state index contributed by atoms with van der Waals surface area (Å²) < 4.78 is 1.73. The Balaban J connectivity index is 1.96. The van der Waals surface area contributed by atoms with E-state index in [1.54, 1.807) is 36.6 Å². The highest BCUT2D eigenvalue weighted by Gasteiger charge is 2.34. The molecule has 0 spiro atoms. The molecule has 0 aliphatic carbocycles. The van der Waals surface area contributed by atoms with Gasteiger partial charge in [0.1, 0.15) is 5.69 Å². The molecule has 0 atom stereocenters. The van der Waals surface area contributed by atoms with E-state index >= 15 is 0 Å². The van der Waals surface area contributed by atoms with Crippen molar-refractivity contribution in [2.75, 3.05) is 5.32 Å². The quantitative estimate of drug-likeness (QED) is 0.565. The number of carbonyl (C=O) groups excluding carboxylic acids is 3. The van der Waals surface area contributed by atoms with Crippen LogP contribution in [0.3, 0.4) is 0 Å². The third kappa shape index (κ3) is 3.80. The Morgan fingerprint density at radius 3 is 2.54 bits per heavy atom. The third-order valence-electron chi connectivity index (χ3n) is 4.60. The predicted molar refractivity (Wildman–Crippen MR) is 110 cm³/mol. The van der Waals surface area contributed by atoms with Crippen LogP contribution in [0.4, 0.5) is 5.69 Å². The number of anilines is 1. The van der Waals surface area contributed by atoms with Crippen LogP contribution in [0.2, 0.25) is 10.0 Å². The molecule has 1 aromatic heterocycles. The molecule has 2 aromatic rings. The Labute approximate surface area is 173 Å². The van der Waals surface area contributed by atoms with Gasteiger partial charge >= 0.3 is 0 Å². The van der Waals surface area contributed by atoms with E-state index in [9.17, 15) is 14.4 Å². The number of hydrogen-bond acceptors (Lipinski definition) is 3. The molecular formula is C20H21Cl2N3O3. The van der Waals surface area contributed by atoms with E-state index in [1.807, 2.05) is 6.92 Å². The van der Waals surface area contributed by atoms with Crippen LogP contribution >= 0.6 is 23.2 Å². The molecule has 1 aromatic carbocycles. The van der Waals surface area contributed by atoms with Crippen LogP contribution in [0.15, 0.2) is 18.2 Å². The molecular weight excluding hydrogens is 401 g/mol. The van der Waals surface area contributed by atoms with Crippen molar-refractivity contribution in [2.45, 2.75) is 46.2 Å². The smallest absolute Gasteiger partial charge is 0.292 e. The normalized spacial score (nSPS) is 12.8. The van der Waals surface area contributed by atoms with E-state index in [-0.39, 0.29) is 22.3 Å². The molecule has 6 nitrogen and oxygen atoms in total. The fraction of sp³-hybridized carbons (Fsp3) is 0.350. The maximum Gasteiger partial charge on any atom is 0.292 e. The summed E-state index contributed by atoms with van der Waals surface area (Å²) in [6, 6.07) is 5.01. The standard InChI is InChI=1S/C20H21Cl2N3O3/c1-10(2)23-20(28)18(26)15-14-5-4-8-25(14)17(16(15)22)19(27)24-12-7-6-11(3)13(21)9-12/h6-7,9-10H,4-5,8H2,1-3H3,(H,23,28)(H,24,27). The van der Waals surface area contributed by atoms with E-state index in [0.717, 1.165) is 12.0 Å². The molecule has 8 heteroatoms. The molecule has 2 amide bonds. The Morgan fingerprint density at radius 2 is 1.89 bits per heavy atom. The lowest BCUT2D eigenvalue weighted by atomic mass is 10.1. The zero-order valence-corrected chi connectivity index (χ0v) is 17.4. The van der Waals surface area contributed by atoms with Gasteiger partial charge in [-0.05, 0) is 51.3 Å². The van der Waals surface area contributed by atoms with E-state index < -0.39 is 17.6 Å². The summed E-state index contributed by atoms with van der Waals surface area (Å²) in [5.74, 6) is -1.90. The van der Waals surface area contributed by atoms with Crippen molar-refractivity contribution in [2.24, 2.45) is 0 Å². The fourth-order valence-corrected chi connectivity index (χ4v) is 3.86. The van der Waals surface area contributed by atoms with Crippen molar-refractivity contribution in [3.05, 3.63) is 50.8 Å². The van der Waals surface area contributed by atoms with E-state index in [0.29, 0.717) is 29.4 Å². The van der Waals surface area contributed by atoms with Crippen LogP contribution in [0.25, 0.3) is 0 Å². The van der Waals surface area contributed by atoms with Gasteiger partial charge in [-0.25, -0.2) is 0 Å². The largest absolute Gasteiger partial charge is 0.347 e. The number of ketones is 1. The van der Waals surface area contributed by atoms with E-state index in [2.05, 4.69) is 10.6 Å². The summed E-state index contributed by atoms with van der Waals surface area (Å²) in [5.41, 5.74) is 2.35. The van der Waals surface area contributed by atoms with Crippen molar-refractivity contribution in [3.8, 4) is 0 Å². The van der Waals surface area contributed by atoms with Crippen LogP contribution < -0.4 is 10.6 Å². The number of nitrogens with zero attached hydrogens (tertiary/aromatic N) is 1. The number of nitrogens with one attached hydrogen (secondary N) is 2. The number of amides is 2. The van der Waals surface area contributed by atoms with Gasteiger partial charge in [0, 0.05) is 29.0 Å². The molecule has 0 saturated carbocycles. The first-order valence-corrected chi connectivity index (χ1v) is 9.79. The number of halogens is 2. The zero-order chi connectivity index (χ0) is 20.6. The SMILES string of the molecule is Cc1ccc(NC(=O)c2c(Cl)c(C(=O)C(=O)NC(C)C)c3n2CCC3)cc1Cl. The van der Waals surface area contributed by atoms with E-state index in [1.165, 1.54) is 0 Å². The number of hydrogen-bond donors (Lipinski definition) is 2. The van der Waals surface area contributed by atoms with Gasteiger partial charge in [-0.15, -0.1) is 0 Å². The first-order valence-electron chi connectivity index (χ1n) is 9.04. The minimum atomic E-state index is -0.727. The van der Waals surface area contributed by atoms with E-state index in [4.69, 9.17) is 23.2 Å². The van der Waals surface area contributed by atoms with Gasteiger partial charge in [0.2, 0.25) is 0 Å². The maximum absolute atomic E-state index is 12.9. The summed E-state index contributed by atoms with van der Waals surface area (Å²) in [5, 5.41) is 5.89. The predicted octanol–water partition coefficient (Wildman–Crippen LogP) is 4.01. The second-order valence-electron chi connectivity index (χ2n) is 7.11. The van der Waals surface area contributed by atoms with Gasteiger partial charge in [0.25, 0.3) is 17.6 Å². The van der Waals surface area contributed by atoms with Gasteiger partial charge in [-0.1, -0.05) is 29.3 Å². The Morgan fingerprint density at radius 1 is 1.18 bits per heavy atom. The van der Waals surface area contributed by atoms with Crippen LogP contribution in [-0.2, 0) is 17.8 Å². The molecule has 2 heterocycles. The van der Waals surface area contributed by atoms with Gasteiger partial charge in [-0.3, -0.25) is 14.4 Å². The van der Waals surface area contributed by atoms with Gasteiger partial charge in [0.15, 0.2) is 0 Å². The lowest BCUT2D eigenvalue weighted by Gasteiger charge is -2.09. The van der Waals surface area contributed by atoms with Crippen molar-refractivity contribution in [1.29, 1.82) is 0 Å². The molecule has 0 fully saturated rings. The fourth-order valence-electron chi connectivity index (χ4n) is 3.30. The number of fused-ring (bicyclic) bond motifs is 1. The molecule has 0 bridgehead atoms. The number of aryl methyl sites for hydroxylation is 1. The Kier molecular flexibility index (Phi) is 5.82.